The van der Waals surface area contributed by atoms with Crippen molar-refractivity contribution in [2.45, 2.75) is 59.0 Å². The maximum atomic E-state index is 9.59. The van der Waals surface area contributed by atoms with Crippen LogP contribution in [-0.2, 0) is 0 Å². The van der Waals surface area contributed by atoms with Gasteiger partial charge >= 0.3 is 0 Å². The smallest absolute Gasteiger partial charge is 0.0545 e. The normalized spacial score (nSPS) is 40.6. The Balaban J connectivity index is 2.41. The van der Waals surface area contributed by atoms with E-state index in [4.69, 9.17) is 0 Å². The van der Waals surface area contributed by atoms with Crippen LogP contribution in [0.2, 0.25) is 0 Å². The summed E-state index contributed by atoms with van der Waals surface area (Å²) < 4.78 is 0. The van der Waals surface area contributed by atoms with Gasteiger partial charge in [-0.2, -0.15) is 0 Å². The summed E-state index contributed by atoms with van der Waals surface area (Å²) in [6.45, 7) is 6.87. The Kier molecular flexibility index (Phi) is 4.24. The molecule has 0 spiro atoms. The standard InChI is InChI=1S/C12H24O/c1-4-5-6-12-9(2)7-11(13)8-10(12)3/h9-13H,4-8H2,1-3H3. The van der Waals surface area contributed by atoms with Crippen LogP contribution >= 0.6 is 0 Å². The monoisotopic (exact) mass is 184 g/mol. The third-order valence-corrected chi connectivity index (χ3v) is 3.64. The Morgan fingerprint density at radius 3 is 2.15 bits per heavy atom. The number of aliphatic hydroxyl groups is 1. The molecule has 2 atom stereocenters. The van der Waals surface area contributed by atoms with Crippen molar-refractivity contribution < 1.29 is 5.11 Å². The molecule has 0 aromatic heterocycles. The summed E-state index contributed by atoms with van der Waals surface area (Å²) in [5.74, 6) is 2.32. The van der Waals surface area contributed by atoms with Crippen molar-refractivity contribution in [3.05, 3.63) is 0 Å². The fourth-order valence-electron chi connectivity index (χ4n) is 2.87. The van der Waals surface area contributed by atoms with Crippen LogP contribution in [-0.4, -0.2) is 11.2 Å². The Labute approximate surface area is 82.5 Å². The van der Waals surface area contributed by atoms with Crippen LogP contribution in [0.1, 0.15) is 52.9 Å². The van der Waals surface area contributed by atoms with E-state index in [1.165, 1.54) is 19.3 Å². The van der Waals surface area contributed by atoms with Gasteiger partial charge in [0.2, 0.25) is 0 Å². The fourth-order valence-corrected chi connectivity index (χ4v) is 2.87. The molecule has 1 saturated carbocycles. The number of rotatable bonds is 3. The molecule has 0 bridgehead atoms. The third-order valence-electron chi connectivity index (χ3n) is 3.64. The average Bonchev–Trinajstić information content (AvgIpc) is 2.02. The topological polar surface area (TPSA) is 20.2 Å². The minimum Gasteiger partial charge on any atom is -0.393 e. The van der Waals surface area contributed by atoms with E-state index in [1.54, 1.807) is 0 Å². The minimum absolute atomic E-state index is 0.0251. The van der Waals surface area contributed by atoms with E-state index in [9.17, 15) is 5.11 Å². The number of aliphatic hydroxyl groups excluding tert-OH is 1. The average molecular weight is 184 g/mol. The van der Waals surface area contributed by atoms with Crippen LogP contribution in [0.5, 0.6) is 0 Å². The highest BCUT2D eigenvalue weighted by atomic mass is 16.3. The van der Waals surface area contributed by atoms with E-state index in [2.05, 4.69) is 20.8 Å². The van der Waals surface area contributed by atoms with Gasteiger partial charge in [-0.25, -0.2) is 0 Å². The van der Waals surface area contributed by atoms with Crippen LogP contribution in [0.3, 0.4) is 0 Å². The van der Waals surface area contributed by atoms with Gasteiger partial charge in [0.15, 0.2) is 0 Å². The molecular formula is C12H24O. The number of hydrogen-bond acceptors (Lipinski definition) is 1. The molecule has 78 valence electrons. The first-order valence-corrected chi connectivity index (χ1v) is 5.83. The molecular weight excluding hydrogens is 160 g/mol. The molecule has 1 aliphatic carbocycles. The molecule has 0 saturated heterocycles. The van der Waals surface area contributed by atoms with Gasteiger partial charge in [0.25, 0.3) is 0 Å². The van der Waals surface area contributed by atoms with Crippen LogP contribution in [0.25, 0.3) is 0 Å². The second-order valence-electron chi connectivity index (χ2n) is 4.89. The van der Waals surface area contributed by atoms with E-state index in [0.717, 1.165) is 30.6 Å². The Morgan fingerprint density at radius 2 is 1.69 bits per heavy atom. The van der Waals surface area contributed by atoms with Crippen molar-refractivity contribution in [3.63, 3.8) is 0 Å². The predicted octanol–water partition coefficient (Wildman–Crippen LogP) is 3.22. The molecule has 1 nitrogen and oxygen atoms in total. The van der Waals surface area contributed by atoms with Gasteiger partial charge in [-0.3, -0.25) is 0 Å². The summed E-state index contributed by atoms with van der Waals surface area (Å²) in [5.41, 5.74) is 0. The number of unbranched alkanes of at least 4 members (excludes halogenated alkanes) is 1. The summed E-state index contributed by atoms with van der Waals surface area (Å²) >= 11 is 0. The van der Waals surface area contributed by atoms with Gasteiger partial charge in [0, 0.05) is 0 Å². The highest BCUT2D eigenvalue weighted by Gasteiger charge is 2.31. The van der Waals surface area contributed by atoms with E-state index >= 15 is 0 Å². The Bertz CT molecular complexity index is 132. The molecule has 0 aromatic rings. The van der Waals surface area contributed by atoms with Crippen molar-refractivity contribution in [3.8, 4) is 0 Å². The van der Waals surface area contributed by atoms with E-state index in [1.807, 2.05) is 0 Å². The molecule has 1 aliphatic rings. The highest BCUT2D eigenvalue weighted by Crippen LogP contribution is 2.37. The SMILES string of the molecule is CCCCC1C(C)CC(O)CC1C. The van der Waals surface area contributed by atoms with Gasteiger partial charge < -0.3 is 5.11 Å². The third kappa shape index (κ3) is 2.98. The molecule has 0 heterocycles. The number of hydrogen-bond donors (Lipinski definition) is 1. The maximum absolute atomic E-state index is 9.59. The molecule has 1 heteroatoms. The first-order valence-electron chi connectivity index (χ1n) is 5.83. The van der Waals surface area contributed by atoms with Crippen LogP contribution in [0, 0.1) is 17.8 Å². The van der Waals surface area contributed by atoms with Gasteiger partial charge in [0.05, 0.1) is 6.10 Å². The van der Waals surface area contributed by atoms with Gasteiger partial charge in [-0.1, -0.05) is 33.6 Å². The predicted molar refractivity (Wildman–Crippen MR) is 56.6 cm³/mol. The second kappa shape index (κ2) is 4.99. The van der Waals surface area contributed by atoms with E-state index in [0.29, 0.717) is 0 Å². The van der Waals surface area contributed by atoms with Crippen molar-refractivity contribution in [1.29, 1.82) is 0 Å². The van der Waals surface area contributed by atoms with Crippen molar-refractivity contribution in [1.82, 2.24) is 0 Å². The zero-order chi connectivity index (χ0) is 9.84. The summed E-state index contributed by atoms with van der Waals surface area (Å²) in [6.07, 6.45) is 6.06. The Hall–Kier alpha value is -0.0400. The first kappa shape index (κ1) is 11.0. The molecule has 2 unspecified atom stereocenters. The minimum atomic E-state index is -0.0251. The summed E-state index contributed by atoms with van der Waals surface area (Å²) in [6, 6.07) is 0. The molecule has 0 radical (unpaired) electrons. The van der Waals surface area contributed by atoms with Crippen LogP contribution in [0.15, 0.2) is 0 Å². The van der Waals surface area contributed by atoms with Gasteiger partial charge in [-0.15, -0.1) is 0 Å². The molecule has 0 aliphatic heterocycles. The van der Waals surface area contributed by atoms with Gasteiger partial charge in [-0.05, 0) is 37.0 Å². The molecule has 1 N–H and O–H groups in total. The maximum Gasteiger partial charge on any atom is 0.0545 e. The zero-order valence-corrected chi connectivity index (χ0v) is 9.29. The lowest BCUT2D eigenvalue weighted by molar-refractivity contribution is 0.0358. The van der Waals surface area contributed by atoms with Gasteiger partial charge in [0.1, 0.15) is 0 Å². The van der Waals surface area contributed by atoms with Crippen molar-refractivity contribution in [2.24, 2.45) is 17.8 Å². The van der Waals surface area contributed by atoms with E-state index in [-0.39, 0.29) is 6.10 Å². The molecule has 0 amide bonds. The quantitative estimate of drug-likeness (QED) is 0.714. The highest BCUT2D eigenvalue weighted by molar-refractivity contribution is 4.81. The second-order valence-corrected chi connectivity index (χ2v) is 4.89. The zero-order valence-electron chi connectivity index (χ0n) is 9.29. The van der Waals surface area contributed by atoms with Crippen molar-refractivity contribution >= 4 is 0 Å². The van der Waals surface area contributed by atoms with Crippen LogP contribution < -0.4 is 0 Å². The van der Waals surface area contributed by atoms with Crippen molar-refractivity contribution in [2.75, 3.05) is 0 Å². The molecule has 1 fully saturated rings. The summed E-state index contributed by atoms with van der Waals surface area (Å²) in [7, 11) is 0. The molecule has 0 aromatic carbocycles. The lowest BCUT2D eigenvalue weighted by atomic mass is 9.70. The lowest BCUT2D eigenvalue weighted by Crippen LogP contribution is -2.32. The first-order chi connectivity index (χ1) is 6.15. The van der Waals surface area contributed by atoms with Crippen LogP contribution in [0.4, 0.5) is 0 Å². The fraction of sp³-hybridized carbons (Fsp3) is 1.00. The Morgan fingerprint density at radius 1 is 1.15 bits per heavy atom. The summed E-state index contributed by atoms with van der Waals surface area (Å²) in [5, 5.41) is 9.59. The molecule has 13 heavy (non-hydrogen) atoms. The lowest BCUT2D eigenvalue weighted by Gasteiger charge is -2.37. The molecule has 1 rings (SSSR count). The summed E-state index contributed by atoms with van der Waals surface area (Å²) in [4.78, 5) is 0. The largest absolute Gasteiger partial charge is 0.393 e. The van der Waals surface area contributed by atoms with E-state index < -0.39 is 0 Å².